The highest BCUT2D eigenvalue weighted by Crippen LogP contribution is 2.28. The highest BCUT2D eigenvalue weighted by Gasteiger charge is 2.19. The zero-order valence-electron chi connectivity index (χ0n) is 18.3. The van der Waals surface area contributed by atoms with Crippen LogP contribution in [0.3, 0.4) is 0 Å². The largest absolute Gasteiger partial charge is 1.00 e. The van der Waals surface area contributed by atoms with E-state index in [9.17, 15) is 4.79 Å². The molecule has 0 N–H and O–H groups in total. The quantitative estimate of drug-likeness (QED) is 0.342. The van der Waals surface area contributed by atoms with Crippen LogP contribution in [0.5, 0.6) is 17.2 Å². The van der Waals surface area contributed by atoms with Crippen molar-refractivity contribution in [2.75, 3.05) is 34.9 Å². The summed E-state index contributed by atoms with van der Waals surface area (Å²) in [4.78, 5) is 12.5. The molecular weight excluding hydrogens is 458 g/mol. The fourth-order valence-electron chi connectivity index (χ4n) is 3.32. The summed E-state index contributed by atoms with van der Waals surface area (Å²) in [6, 6.07) is 23.4. The SMILES string of the molecule is COc1ccc(C(=O)COc2ccc([N+](C)(C)Cc3ccccc3)cc2)cc1OC.[Br-]. The molecule has 0 atom stereocenters. The summed E-state index contributed by atoms with van der Waals surface area (Å²) in [6.07, 6.45) is 0. The topological polar surface area (TPSA) is 44.8 Å². The molecule has 0 saturated heterocycles. The van der Waals surface area contributed by atoms with Crippen LogP contribution in [0.4, 0.5) is 5.69 Å². The van der Waals surface area contributed by atoms with E-state index in [-0.39, 0.29) is 29.4 Å². The van der Waals surface area contributed by atoms with Crippen molar-refractivity contribution in [2.24, 2.45) is 0 Å². The van der Waals surface area contributed by atoms with Gasteiger partial charge in [0.05, 0.1) is 28.3 Å². The Labute approximate surface area is 194 Å². The van der Waals surface area contributed by atoms with Gasteiger partial charge in [0.1, 0.15) is 18.0 Å². The first kappa shape index (κ1) is 24.4. The molecule has 0 radical (unpaired) electrons. The van der Waals surface area contributed by atoms with Crippen LogP contribution >= 0.6 is 0 Å². The van der Waals surface area contributed by atoms with E-state index < -0.39 is 0 Å². The Balaban J connectivity index is 0.00000341. The number of hydrogen-bond donors (Lipinski definition) is 0. The predicted molar refractivity (Wildman–Crippen MR) is 120 cm³/mol. The minimum absolute atomic E-state index is 0. The van der Waals surface area contributed by atoms with E-state index in [2.05, 4.69) is 38.4 Å². The number of methoxy groups -OCH3 is 2. The van der Waals surface area contributed by atoms with Gasteiger partial charge in [0.25, 0.3) is 0 Å². The molecule has 0 heterocycles. The van der Waals surface area contributed by atoms with E-state index >= 15 is 0 Å². The average molecular weight is 486 g/mol. The highest BCUT2D eigenvalue weighted by molar-refractivity contribution is 5.97. The molecule has 3 rings (SSSR count). The Morgan fingerprint density at radius 3 is 2.10 bits per heavy atom. The highest BCUT2D eigenvalue weighted by atomic mass is 79.9. The zero-order valence-corrected chi connectivity index (χ0v) is 19.9. The normalized spacial score (nSPS) is 10.7. The van der Waals surface area contributed by atoms with Crippen LogP contribution in [-0.4, -0.2) is 40.7 Å². The number of carbonyl (C=O) groups excluding carboxylic acids is 1. The number of Topliss-reactive ketones (excluding diaryl/α,β-unsaturated/α-hetero) is 1. The first-order chi connectivity index (χ1) is 14.4. The van der Waals surface area contributed by atoms with Gasteiger partial charge < -0.3 is 31.2 Å². The van der Waals surface area contributed by atoms with Crippen LogP contribution in [0.15, 0.2) is 72.8 Å². The van der Waals surface area contributed by atoms with Gasteiger partial charge in [-0.2, -0.15) is 0 Å². The van der Waals surface area contributed by atoms with Gasteiger partial charge in [0.15, 0.2) is 23.9 Å². The zero-order chi connectivity index (χ0) is 21.6. The van der Waals surface area contributed by atoms with Gasteiger partial charge >= 0.3 is 0 Å². The maximum absolute atomic E-state index is 12.5. The van der Waals surface area contributed by atoms with Gasteiger partial charge in [-0.1, -0.05) is 30.3 Å². The summed E-state index contributed by atoms with van der Waals surface area (Å²) in [5.41, 5.74) is 2.96. The van der Waals surface area contributed by atoms with E-state index in [4.69, 9.17) is 14.2 Å². The van der Waals surface area contributed by atoms with Gasteiger partial charge in [-0.15, -0.1) is 0 Å². The van der Waals surface area contributed by atoms with E-state index in [1.54, 1.807) is 32.4 Å². The second kappa shape index (κ2) is 11.0. The van der Waals surface area contributed by atoms with E-state index in [0.717, 1.165) is 16.7 Å². The summed E-state index contributed by atoms with van der Waals surface area (Å²) in [5, 5.41) is 0. The number of hydrogen-bond acceptors (Lipinski definition) is 4. The van der Waals surface area contributed by atoms with Crippen molar-refractivity contribution in [3.63, 3.8) is 0 Å². The minimum atomic E-state index is -0.125. The van der Waals surface area contributed by atoms with Crippen LogP contribution in [0.25, 0.3) is 0 Å². The lowest BCUT2D eigenvalue weighted by atomic mass is 10.1. The molecule has 0 fully saturated rings. The maximum Gasteiger partial charge on any atom is 0.200 e. The Hall–Kier alpha value is -2.83. The second-order valence-electron chi connectivity index (χ2n) is 7.60. The molecule has 0 unspecified atom stereocenters. The molecule has 0 aliphatic carbocycles. The number of rotatable bonds is 9. The monoisotopic (exact) mass is 485 g/mol. The lowest BCUT2D eigenvalue weighted by Gasteiger charge is -2.29. The standard InChI is InChI=1S/C25H28NO4.BrH/c1-26(2,17-19-8-6-5-7-9-19)21-11-13-22(14-12-21)30-18-23(27)20-10-15-24(28-3)25(16-20)29-4;/h5-16H,17-18H2,1-4H3;1H/q+1;/p-1. The lowest BCUT2D eigenvalue weighted by Crippen LogP contribution is -3.00. The van der Waals surface area contributed by atoms with E-state index in [1.165, 1.54) is 5.56 Å². The molecule has 5 nitrogen and oxygen atoms in total. The van der Waals surface area contributed by atoms with Crippen molar-refractivity contribution in [1.29, 1.82) is 0 Å². The van der Waals surface area contributed by atoms with Gasteiger partial charge in [-0.25, -0.2) is 0 Å². The van der Waals surface area contributed by atoms with Crippen molar-refractivity contribution in [3.8, 4) is 17.2 Å². The van der Waals surface area contributed by atoms with Crippen molar-refractivity contribution >= 4 is 11.5 Å². The molecule has 31 heavy (non-hydrogen) atoms. The van der Waals surface area contributed by atoms with Crippen molar-refractivity contribution in [3.05, 3.63) is 83.9 Å². The van der Waals surface area contributed by atoms with Gasteiger partial charge in [-0.05, 0) is 30.3 Å². The first-order valence-corrected chi connectivity index (χ1v) is 9.78. The third-order valence-electron chi connectivity index (χ3n) is 5.03. The Morgan fingerprint density at radius 2 is 1.48 bits per heavy atom. The van der Waals surface area contributed by atoms with Crippen molar-refractivity contribution < 1.29 is 36.0 Å². The molecular formula is C25H28BrNO4. The summed E-state index contributed by atoms with van der Waals surface area (Å²) >= 11 is 0. The number of nitrogens with zero attached hydrogens (tertiary/aromatic N) is 1. The van der Waals surface area contributed by atoms with Crippen LogP contribution in [-0.2, 0) is 6.54 Å². The third-order valence-corrected chi connectivity index (χ3v) is 5.03. The van der Waals surface area contributed by atoms with Crippen molar-refractivity contribution in [2.45, 2.75) is 6.54 Å². The lowest BCUT2D eigenvalue weighted by molar-refractivity contribution is -0.0000144. The molecule has 0 aliphatic rings. The summed E-state index contributed by atoms with van der Waals surface area (Å²) < 4.78 is 16.9. The summed E-state index contributed by atoms with van der Waals surface area (Å²) in [5.74, 6) is 1.64. The molecule has 0 aromatic heterocycles. The number of carbonyl (C=O) groups is 1. The molecule has 164 valence electrons. The Kier molecular flexibility index (Phi) is 8.65. The molecule has 0 amide bonds. The second-order valence-corrected chi connectivity index (χ2v) is 7.60. The molecule has 0 bridgehead atoms. The van der Waals surface area contributed by atoms with E-state index in [0.29, 0.717) is 22.8 Å². The van der Waals surface area contributed by atoms with E-state index in [1.807, 2.05) is 30.3 Å². The van der Waals surface area contributed by atoms with Gasteiger partial charge in [0.2, 0.25) is 0 Å². The van der Waals surface area contributed by atoms with Crippen LogP contribution < -0.4 is 35.7 Å². The number of benzene rings is 3. The molecule has 0 spiro atoms. The van der Waals surface area contributed by atoms with Gasteiger partial charge in [0, 0.05) is 23.3 Å². The third kappa shape index (κ3) is 6.32. The molecule has 3 aromatic carbocycles. The molecule has 3 aromatic rings. The number of quaternary nitrogens is 1. The number of ketones is 1. The Morgan fingerprint density at radius 1 is 0.839 bits per heavy atom. The van der Waals surface area contributed by atoms with Crippen LogP contribution in [0, 0.1) is 0 Å². The first-order valence-electron chi connectivity index (χ1n) is 9.78. The van der Waals surface area contributed by atoms with Crippen molar-refractivity contribution in [1.82, 2.24) is 4.48 Å². The smallest absolute Gasteiger partial charge is 0.200 e. The Bertz CT molecular complexity index is 988. The maximum atomic E-state index is 12.5. The molecule has 6 heteroatoms. The van der Waals surface area contributed by atoms with Crippen LogP contribution in [0.1, 0.15) is 15.9 Å². The molecule has 0 saturated carbocycles. The number of ether oxygens (including phenoxy) is 3. The fourth-order valence-corrected chi connectivity index (χ4v) is 3.32. The predicted octanol–water partition coefficient (Wildman–Crippen LogP) is 1.74. The minimum Gasteiger partial charge on any atom is -1.00 e. The van der Waals surface area contributed by atoms with Gasteiger partial charge in [-0.3, -0.25) is 9.28 Å². The van der Waals surface area contributed by atoms with Crippen LogP contribution in [0.2, 0.25) is 0 Å². The number of halogens is 1. The summed E-state index contributed by atoms with van der Waals surface area (Å²) in [7, 11) is 7.45. The average Bonchev–Trinajstić information content (AvgIpc) is 2.77. The molecule has 0 aliphatic heterocycles. The summed E-state index contributed by atoms with van der Waals surface area (Å²) in [6.45, 7) is 0.843. The fraction of sp³-hybridized carbons (Fsp3) is 0.240.